The van der Waals surface area contributed by atoms with Gasteiger partial charge in [0, 0.05) is 43.2 Å². The van der Waals surface area contributed by atoms with Gasteiger partial charge in [0.1, 0.15) is 6.61 Å². The van der Waals surface area contributed by atoms with Gasteiger partial charge in [0.25, 0.3) is 5.91 Å². The molecule has 2 amide bonds. The molecule has 122 valence electrons. The molecule has 2 heterocycles. The van der Waals surface area contributed by atoms with Gasteiger partial charge in [-0.25, -0.2) is 4.39 Å². The molecule has 0 spiro atoms. The van der Waals surface area contributed by atoms with Crippen molar-refractivity contribution in [2.45, 2.75) is 13.0 Å². The minimum absolute atomic E-state index is 0.141. The Labute approximate surface area is 136 Å². The lowest BCUT2D eigenvalue weighted by atomic mass is 10.00. The van der Waals surface area contributed by atoms with Crippen molar-refractivity contribution in [3.63, 3.8) is 0 Å². The molecule has 3 N–H and O–H groups in total. The second kappa shape index (κ2) is 5.82. The number of H-pyrrole nitrogens is 1. The maximum absolute atomic E-state index is 14.3. The SMILES string of the molecule is CNC(=O)c1cc(Cl)c(F)c2[nH]c3c(c12)CN(C(=O)CO)CC3. The number of aromatic amines is 1. The summed E-state index contributed by atoms with van der Waals surface area (Å²) in [7, 11) is 1.48. The van der Waals surface area contributed by atoms with E-state index in [1.807, 2.05) is 0 Å². The van der Waals surface area contributed by atoms with E-state index in [9.17, 15) is 14.0 Å². The number of hydrogen-bond donors (Lipinski definition) is 3. The molecule has 8 heteroatoms. The number of fused-ring (bicyclic) bond motifs is 3. The van der Waals surface area contributed by atoms with Gasteiger partial charge in [-0.15, -0.1) is 0 Å². The fourth-order valence-corrected chi connectivity index (χ4v) is 3.17. The normalized spacial score (nSPS) is 14.0. The Morgan fingerprint density at radius 2 is 2.26 bits per heavy atom. The highest BCUT2D eigenvalue weighted by atomic mass is 35.5. The molecular weight excluding hydrogens is 325 g/mol. The Morgan fingerprint density at radius 3 is 2.91 bits per heavy atom. The first kappa shape index (κ1) is 15.8. The summed E-state index contributed by atoms with van der Waals surface area (Å²) < 4.78 is 14.3. The first-order valence-corrected chi connectivity index (χ1v) is 7.47. The van der Waals surface area contributed by atoms with E-state index in [1.165, 1.54) is 18.0 Å². The fourth-order valence-electron chi connectivity index (χ4n) is 2.97. The van der Waals surface area contributed by atoms with Crippen LogP contribution < -0.4 is 5.32 Å². The molecule has 0 radical (unpaired) electrons. The summed E-state index contributed by atoms with van der Waals surface area (Å²) in [4.78, 5) is 28.3. The molecular formula is C15H15ClFN3O3. The molecule has 1 aromatic carbocycles. The molecule has 0 aliphatic carbocycles. The van der Waals surface area contributed by atoms with E-state index in [0.717, 1.165) is 5.69 Å². The van der Waals surface area contributed by atoms with Crippen LogP contribution in [0.4, 0.5) is 4.39 Å². The maximum atomic E-state index is 14.3. The average molecular weight is 340 g/mol. The average Bonchev–Trinajstić information content (AvgIpc) is 2.95. The quantitative estimate of drug-likeness (QED) is 0.768. The number of rotatable bonds is 2. The molecule has 3 rings (SSSR count). The van der Waals surface area contributed by atoms with Gasteiger partial charge in [-0.2, -0.15) is 0 Å². The molecule has 0 unspecified atom stereocenters. The number of carbonyl (C=O) groups is 2. The number of benzene rings is 1. The third-order valence-corrected chi connectivity index (χ3v) is 4.38. The van der Waals surface area contributed by atoms with Crippen molar-refractivity contribution in [2.24, 2.45) is 0 Å². The van der Waals surface area contributed by atoms with E-state index in [1.54, 1.807) is 0 Å². The Morgan fingerprint density at radius 1 is 1.52 bits per heavy atom. The summed E-state index contributed by atoms with van der Waals surface area (Å²) in [6, 6.07) is 1.29. The Kier molecular flexibility index (Phi) is 3.99. The zero-order valence-corrected chi connectivity index (χ0v) is 13.1. The van der Waals surface area contributed by atoms with Crippen LogP contribution in [0.3, 0.4) is 0 Å². The number of aliphatic hydroxyl groups excluding tert-OH is 1. The van der Waals surface area contributed by atoms with E-state index < -0.39 is 18.3 Å². The van der Waals surface area contributed by atoms with E-state index in [0.29, 0.717) is 23.9 Å². The second-order valence-electron chi connectivity index (χ2n) is 5.35. The first-order valence-electron chi connectivity index (χ1n) is 7.10. The van der Waals surface area contributed by atoms with Crippen LogP contribution in [0.2, 0.25) is 5.02 Å². The van der Waals surface area contributed by atoms with Gasteiger partial charge in [0.05, 0.1) is 16.1 Å². The summed E-state index contributed by atoms with van der Waals surface area (Å²) in [5.41, 5.74) is 1.87. The molecule has 1 aromatic heterocycles. The highest BCUT2D eigenvalue weighted by molar-refractivity contribution is 6.32. The number of amides is 2. The van der Waals surface area contributed by atoms with Crippen molar-refractivity contribution in [2.75, 3.05) is 20.2 Å². The van der Waals surface area contributed by atoms with Crippen molar-refractivity contribution in [1.29, 1.82) is 0 Å². The number of aliphatic hydroxyl groups is 1. The Hall–Kier alpha value is -2.12. The number of nitrogens with one attached hydrogen (secondary N) is 2. The molecule has 0 atom stereocenters. The second-order valence-corrected chi connectivity index (χ2v) is 5.76. The van der Waals surface area contributed by atoms with Crippen molar-refractivity contribution >= 4 is 34.3 Å². The summed E-state index contributed by atoms with van der Waals surface area (Å²) in [6.45, 7) is 0.0455. The molecule has 0 saturated heterocycles. The Bertz CT molecular complexity index is 818. The smallest absolute Gasteiger partial charge is 0.251 e. The standard InChI is InChI=1S/C15H15ClFN3O3/c1-18-15(23)7-4-9(16)13(17)14-12(7)8-5-20(11(22)6-21)3-2-10(8)19-14/h4,19,21H,2-3,5-6H2,1H3,(H,18,23). The number of halogens is 2. The molecule has 2 aromatic rings. The minimum atomic E-state index is -0.622. The monoisotopic (exact) mass is 339 g/mol. The minimum Gasteiger partial charge on any atom is -0.387 e. The van der Waals surface area contributed by atoms with Gasteiger partial charge in [-0.3, -0.25) is 9.59 Å². The topological polar surface area (TPSA) is 85.4 Å². The van der Waals surface area contributed by atoms with E-state index in [4.69, 9.17) is 16.7 Å². The van der Waals surface area contributed by atoms with Crippen LogP contribution in [0.25, 0.3) is 10.9 Å². The van der Waals surface area contributed by atoms with Crippen LogP contribution >= 0.6 is 11.6 Å². The lowest BCUT2D eigenvalue weighted by molar-refractivity contribution is -0.135. The van der Waals surface area contributed by atoms with E-state index in [-0.39, 0.29) is 28.6 Å². The number of carbonyl (C=O) groups excluding carboxylic acids is 2. The summed E-state index contributed by atoms with van der Waals surface area (Å²) >= 11 is 5.89. The lowest BCUT2D eigenvalue weighted by Crippen LogP contribution is -2.37. The number of hydrogen-bond acceptors (Lipinski definition) is 3. The van der Waals surface area contributed by atoms with Gasteiger partial charge in [0.2, 0.25) is 5.91 Å². The lowest BCUT2D eigenvalue weighted by Gasteiger charge is -2.26. The van der Waals surface area contributed by atoms with Crippen LogP contribution in [0.1, 0.15) is 21.6 Å². The van der Waals surface area contributed by atoms with Crippen molar-refractivity contribution < 1.29 is 19.1 Å². The molecule has 0 bridgehead atoms. The molecule has 0 saturated carbocycles. The molecule has 23 heavy (non-hydrogen) atoms. The van der Waals surface area contributed by atoms with Crippen molar-refractivity contribution in [3.05, 3.63) is 33.7 Å². The highest BCUT2D eigenvalue weighted by Crippen LogP contribution is 2.35. The molecule has 1 aliphatic heterocycles. The van der Waals surface area contributed by atoms with Crippen LogP contribution in [0.5, 0.6) is 0 Å². The summed E-state index contributed by atoms with van der Waals surface area (Å²) in [5, 5.41) is 11.8. The van der Waals surface area contributed by atoms with Gasteiger partial charge >= 0.3 is 0 Å². The molecule has 0 fully saturated rings. The number of nitrogens with zero attached hydrogens (tertiary/aromatic N) is 1. The predicted molar refractivity (Wildman–Crippen MR) is 82.9 cm³/mol. The van der Waals surface area contributed by atoms with E-state index >= 15 is 0 Å². The van der Waals surface area contributed by atoms with Crippen LogP contribution in [0.15, 0.2) is 6.07 Å². The fraction of sp³-hybridized carbons (Fsp3) is 0.333. The third-order valence-electron chi connectivity index (χ3n) is 4.10. The zero-order chi connectivity index (χ0) is 16.7. The zero-order valence-electron chi connectivity index (χ0n) is 12.4. The van der Waals surface area contributed by atoms with Gasteiger partial charge in [-0.05, 0) is 6.07 Å². The predicted octanol–water partition coefficient (Wildman–Crippen LogP) is 1.20. The molecule has 6 nitrogen and oxygen atoms in total. The van der Waals surface area contributed by atoms with Crippen molar-refractivity contribution in [3.8, 4) is 0 Å². The third kappa shape index (κ3) is 2.46. The van der Waals surface area contributed by atoms with Crippen LogP contribution in [0, 0.1) is 5.82 Å². The van der Waals surface area contributed by atoms with Gasteiger partial charge in [0.15, 0.2) is 5.82 Å². The summed E-state index contributed by atoms with van der Waals surface area (Å²) in [5.74, 6) is -1.41. The molecule has 1 aliphatic rings. The van der Waals surface area contributed by atoms with Crippen LogP contribution in [-0.4, -0.2) is 47.0 Å². The van der Waals surface area contributed by atoms with Crippen LogP contribution in [-0.2, 0) is 17.8 Å². The Balaban J connectivity index is 2.23. The van der Waals surface area contributed by atoms with Gasteiger partial charge < -0.3 is 20.3 Å². The summed E-state index contributed by atoms with van der Waals surface area (Å²) in [6.07, 6.45) is 0.486. The van der Waals surface area contributed by atoms with Gasteiger partial charge in [-0.1, -0.05) is 11.6 Å². The first-order chi connectivity index (χ1) is 11.0. The highest BCUT2D eigenvalue weighted by Gasteiger charge is 2.28. The maximum Gasteiger partial charge on any atom is 0.251 e. The largest absolute Gasteiger partial charge is 0.387 e. The van der Waals surface area contributed by atoms with Crippen molar-refractivity contribution in [1.82, 2.24) is 15.2 Å². The van der Waals surface area contributed by atoms with E-state index in [2.05, 4.69) is 10.3 Å². The number of aromatic nitrogens is 1.